The third-order valence-corrected chi connectivity index (χ3v) is 3.11. The van der Waals surface area contributed by atoms with Crippen molar-refractivity contribution < 1.29 is 0 Å². The fourth-order valence-electron chi connectivity index (χ4n) is 1.81. The Balaban J connectivity index is 2.61. The van der Waals surface area contributed by atoms with E-state index in [2.05, 4.69) is 43.5 Å². The van der Waals surface area contributed by atoms with Crippen LogP contribution in [-0.4, -0.2) is 15.8 Å². The van der Waals surface area contributed by atoms with Gasteiger partial charge in [-0.05, 0) is 38.2 Å². The Bertz CT molecular complexity index is 333. The van der Waals surface area contributed by atoms with Gasteiger partial charge in [0.2, 0.25) is 0 Å². The van der Waals surface area contributed by atoms with Crippen LogP contribution in [0.3, 0.4) is 0 Å². The monoisotopic (exact) mass is 223 g/mol. The van der Waals surface area contributed by atoms with Gasteiger partial charge < -0.3 is 5.73 Å². The Morgan fingerprint density at radius 3 is 2.56 bits per heavy atom. The van der Waals surface area contributed by atoms with Crippen LogP contribution in [0, 0.1) is 12.3 Å². The second kappa shape index (κ2) is 5.00. The SMILES string of the molecule is CCn1nc(C)cc1CCC(N)C(C)(C)C. The minimum atomic E-state index is 0.187. The van der Waals surface area contributed by atoms with Crippen molar-refractivity contribution in [2.45, 2.75) is 60.0 Å². The first-order valence-corrected chi connectivity index (χ1v) is 6.13. The first-order chi connectivity index (χ1) is 7.34. The predicted octanol–water partition coefficient (Wildman–Crippen LogP) is 2.52. The van der Waals surface area contributed by atoms with E-state index in [0.717, 1.165) is 25.1 Å². The molecule has 1 aromatic heterocycles. The molecule has 1 heterocycles. The zero-order valence-corrected chi connectivity index (χ0v) is 11.2. The van der Waals surface area contributed by atoms with Gasteiger partial charge >= 0.3 is 0 Å². The van der Waals surface area contributed by atoms with Crippen molar-refractivity contribution in [3.8, 4) is 0 Å². The molecular weight excluding hydrogens is 198 g/mol. The van der Waals surface area contributed by atoms with Gasteiger partial charge in [0, 0.05) is 18.3 Å². The fraction of sp³-hybridized carbons (Fsp3) is 0.769. The standard InChI is InChI=1S/C13H25N3/c1-6-16-11(9-10(2)15-16)7-8-12(14)13(3,4)5/h9,12H,6-8,14H2,1-5H3. The number of aromatic nitrogens is 2. The zero-order valence-electron chi connectivity index (χ0n) is 11.2. The molecule has 0 spiro atoms. The summed E-state index contributed by atoms with van der Waals surface area (Å²) in [6, 6.07) is 2.41. The summed E-state index contributed by atoms with van der Waals surface area (Å²) in [5.74, 6) is 0. The lowest BCUT2D eigenvalue weighted by molar-refractivity contribution is 0.304. The van der Waals surface area contributed by atoms with Crippen molar-refractivity contribution >= 4 is 0 Å². The van der Waals surface area contributed by atoms with Crippen molar-refractivity contribution in [3.63, 3.8) is 0 Å². The van der Waals surface area contributed by atoms with Gasteiger partial charge in [-0.2, -0.15) is 5.10 Å². The van der Waals surface area contributed by atoms with Gasteiger partial charge in [-0.3, -0.25) is 4.68 Å². The minimum absolute atomic E-state index is 0.187. The largest absolute Gasteiger partial charge is 0.327 e. The van der Waals surface area contributed by atoms with E-state index in [1.807, 2.05) is 6.92 Å². The van der Waals surface area contributed by atoms with Crippen LogP contribution >= 0.6 is 0 Å². The van der Waals surface area contributed by atoms with Gasteiger partial charge in [0.25, 0.3) is 0 Å². The molecule has 0 saturated heterocycles. The van der Waals surface area contributed by atoms with Gasteiger partial charge in [-0.15, -0.1) is 0 Å². The lowest BCUT2D eigenvalue weighted by Gasteiger charge is -2.26. The maximum absolute atomic E-state index is 6.17. The van der Waals surface area contributed by atoms with Crippen LogP contribution in [-0.2, 0) is 13.0 Å². The molecule has 1 atom stereocenters. The third-order valence-electron chi connectivity index (χ3n) is 3.11. The van der Waals surface area contributed by atoms with E-state index in [9.17, 15) is 0 Å². The van der Waals surface area contributed by atoms with E-state index < -0.39 is 0 Å². The van der Waals surface area contributed by atoms with Gasteiger partial charge in [0.15, 0.2) is 0 Å². The molecule has 0 fully saturated rings. The summed E-state index contributed by atoms with van der Waals surface area (Å²) in [7, 11) is 0. The number of rotatable bonds is 4. The highest BCUT2D eigenvalue weighted by molar-refractivity contribution is 5.09. The van der Waals surface area contributed by atoms with Gasteiger partial charge in [-0.25, -0.2) is 0 Å². The number of hydrogen-bond acceptors (Lipinski definition) is 2. The van der Waals surface area contributed by atoms with Crippen molar-refractivity contribution in [3.05, 3.63) is 17.5 Å². The highest BCUT2D eigenvalue weighted by atomic mass is 15.3. The van der Waals surface area contributed by atoms with E-state index in [-0.39, 0.29) is 11.5 Å². The minimum Gasteiger partial charge on any atom is -0.327 e. The van der Waals surface area contributed by atoms with Crippen molar-refractivity contribution in [1.29, 1.82) is 0 Å². The first kappa shape index (κ1) is 13.2. The van der Waals surface area contributed by atoms with Crippen LogP contribution < -0.4 is 5.73 Å². The molecule has 3 nitrogen and oxygen atoms in total. The molecule has 2 N–H and O–H groups in total. The number of nitrogens with two attached hydrogens (primary N) is 1. The third kappa shape index (κ3) is 3.34. The molecule has 1 unspecified atom stereocenters. The lowest BCUT2D eigenvalue weighted by Crippen LogP contribution is -2.35. The molecule has 0 aromatic carbocycles. The van der Waals surface area contributed by atoms with Crippen LogP contribution in [0.5, 0.6) is 0 Å². The topological polar surface area (TPSA) is 43.8 Å². The molecule has 3 heteroatoms. The molecule has 92 valence electrons. The van der Waals surface area contributed by atoms with Gasteiger partial charge in [0.05, 0.1) is 5.69 Å². The molecule has 16 heavy (non-hydrogen) atoms. The van der Waals surface area contributed by atoms with Gasteiger partial charge in [-0.1, -0.05) is 20.8 Å². The predicted molar refractivity (Wildman–Crippen MR) is 68.4 cm³/mol. The maximum Gasteiger partial charge on any atom is 0.0596 e. The van der Waals surface area contributed by atoms with Crippen molar-refractivity contribution in [2.24, 2.45) is 11.1 Å². The van der Waals surface area contributed by atoms with E-state index >= 15 is 0 Å². The Morgan fingerprint density at radius 1 is 1.44 bits per heavy atom. The average molecular weight is 223 g/mol. The summed E-state index contributed by atoms with van der Waals surface area (Å²) in [6.45, 7) is 11.7. The van der Waals surface area contributed by atoms with Gasteiger partial charge in [0.1, 0.15) is 0 Å². The molecule has 0 aliphatic carbocycles. The Morgan fingerprint density at radius 2 is 2.06 bits per heavy atom. The molecule has 0 amide bonds. The normalized spacial score (nSPS) is 14.1. The fourth-order valence-corrected chi connectivity index (χ4v) is 1.81. The summed E-state index contributed by atoms with van der Waals surface area (Å²) < 4.78 is 2.07. The van der Waals surface area contributed by atoms with Crippen molar-refractivity contribution in [2.75, 3.05) is 0 Å². The van der Waals surface area contributed by atoms with E-state index in [4.69, 9.17) is 5.73 Å². The smallest absolute Gasteiger partial charge is 0.0596 e. The number of aryl methyl sites for hydroxylation is 3. The van der Waals surface area contributed by atoms with Crippen LogP contribution in [0.2, 0.25) is 0 Å². The molecule has 0 bridgehead atoms. The lowest BCUT2D eigenvalue weighted by atomic mass is 9.84. The molecule has 1 aromatic rings. The summed E-state index contributed by atoms with van der Waals surface area (Å²) in [5, 5.41) is 4.45. The Hall–Kier alpha value is -0.830. The van der Waals surface area contributed by atoms with Crippen LogP contribution in [0.25, 0.3) is 0 Å². The second-order valence-electron chi connectivity index (χ2n) is 5.60. The number of nitrogens with zero attached hydrogens (tertiary/aromatic N) is 2. The molecule has 0 aliphatic rings. The maximum atomic E-state index is 6.17. The number of hydrogen-bond donors (Lipinski definition) is 1. The Labute approximate surface area is 99.0 Å². The molecule has 0 saturated carbocycles. The summed E-state index contributed by atoms with van der Waals surface area (Å²) in [5.41, 5.74) is 8.76. The van der Waals surface area contributed by atoms with Crippen LogP contribution in [0.4, 0.5) is 0 Å². The summed E-state index contributed by atoms with van der Waals surface area (Å²) in [6.07, 6.45) is 2.04. The summed E-state index contributed by atoms with van der Waals surface area (Å²) in [4.78, 5) is 0. The highest BCUT2D eigenvalue weighted by Crippen LogP contribution is 2.21. The van der Waals surface area contributed by atoms with Crippen LogP contribution in [0.1, 0.15) is 45.5 Å². The molecular formula is C13H25N3. The van der Waals surface area contributed by atoms with E-state index in [0.29, 0.717) is 0 Å². The Kier molecular flexibility index (Phi) is 4.14. The molecule has 1 rings (SSSR count). The van der Waals surface area contributed by atoms with Crippen LogP contribution in [0.15, 0.2) is 6.07 Å². The highest BCUT2D eigenvalue weighted by Gasteiger charge is 2.20. The second-order valence-corrected chi connectivity index (χ2v) is 5.60. The molecule has 0 radical (unpaired) electrons. The van der Waals surface area contributed by atoms with E-state index in [1.54, 1.807) is 0 Å². The van der Waals surface area contributed by atoms with Crippen molar-refractivity contribution in [1.82, 2.24) is 9.78 Å². The summed E-state index contributed by atoms with van der Waals surface area (Å²) >= 11 is 0. The first-order valence-electron chi connectivity index (χ1n) is 6.13. The van der Waals surface area contributed by atoms with E-state index in [1.165, 1.54) is 5.69 Å². The zero-order chi connectivity index (χ0) is 12.3. The quantitative estimate of drug-likeness (QED) is 0.852. The molecule has 0 aliphatic heterocycles. The average Bonchev–Trinajstić information content (AvgIpc) is 2.53.